The molecule has 2 heterocycles. The van der Waals surface area contributed by atoms with Crippen LogP contribution in [0.15, 0.2) is 24.4 Å². The van der Waals surface area contributed by atoms with Crippen molar-refractivity contribution in [2.24, 2.45) is 0 Å². The minimum absolute atomic E-state index is 0. The van der Waals surface area contributed by atoms with Crippen molar-refractivity contribution in [2.75, 3.05) is 0 Å². The second kappa shape index (κ2) is 3.81. The van der Waals surface area contributed by atoms with Gasteiger partial charge in [-0.2, -0.15) is 6.07 Å². The minimum Gasteiger partial charge on any atom is -0.385 e. The van der Waals surface area contributed by atoms with Crippen LogP contribution in [0.1, 0.15) is 0 Å². The van der Waals surface area contributed by atoms with E-state index in [0.29, 0.717) is 5.46 Å². The van der Waals surface area contributed by atoms with Crippen LogP contribution < -0.4 is 5.46 Å². The summed E-state index contributed by atoms with van der Waals surface area (Å²) in [6.07, 6.45) is 4.33. The van der Waals surface area contributed by atoms with E-state index in [4.69, 9.17) is 7.85 Å². The molecule has 12 heavy (non-hydrogen) atoms. The Morgan fingerprint density at radius 1 is 1.33 bits per heavy atom. The zero-order valence-corrected chi connectivity index (χ0v) is 9.12. The molecule has 0 atom stereocenters. The van der Waals surface area contributed by atoms with Gasteiger partial charge in [-0.3, -0.25) is 4.98 Å². The molecule has 0 saturated carbocycles. The Bertz CT molecular complexity index is 391. The van der Waals surface area contributed by atoms with Gasteiger partial charge < -0.3 is 4.98 Å². The summed E-state index contributed by atoms with van der Waals surface area (Å²) in [7, 11) is 5.51. The van der Waals surface area contributed by atoms with Crippen molar-refractivity contribution in [3.05, 3.63) is 30.6 Å². The summed E-state index contributed by atoms with van der Waals surface area (Å²) < 4.78 is 0. The molecule has 0 saturated heterocycles. The third-order valence-electron chi connectivity index (χ3n) is 1.42. The number of nitrogens with zero attached hydrogens (tertiary/aromatic N) is 2. The van der Waals surface area contributed by atoms with Gasteiger partial charge in [-0.15, -0.1) is 6.07 Å². The van der Waals surface area contributed by atoms with Gasteiger partial charge in [0, 0.05) is 27.3 Å². The van der Waals surface area contributed by atoms with Crippen LogP contribution in [-0.4, -0.2) is 17.8 Å². The maximum absolute atomic E-state index is 5.51. The quantitative estimate of drug-likeness (QED) is 0.512. The molecule has 2 aromatic rings. The fourth-order valence-electron chi connectivity index (χ4n) is 0.920. The zero-order valence-electron chi connectivity index (χ0n) is 6.19. The Labute approximate surface area is 86.1 Å². The van der Waals surface area contributed by atoms with Crippen LogP contribution in [0.3, 0.4) is 0 Å². The molecule has 0 aromatic carbocycles. The molecule has 4 heteroatoms. The Morgan fingerprint density at radius 2 is 2.17 bits per heavy atom. The molecule has 0 aliphatic rings. The van der Waals surface area contributed by atoms with Crippen molar-refractivity contribution in [1.82, 2.24) is 9.97 Å². The van der Waals surface area contributed by atoms with E-state index in [9.17, 15) is 0 Å². The average molecular weight is 323 g/mol. The van der Waals surface area contributed by atoms with Crippen molar-refractivity contribution in [2.45, 2.75) is 0 Å². The van der Waals surface area contributed by atoms with Crippen LogP contribution >= 0.6 is 0 Å². The standard InChI is InChI=1S/C8H4BN2.W/c9-6-4-8-7(11-5-6)2-1-3-10-8;/h1-2,4-5H;/q-1;. The van der Waals surface area contributed by atoms with Gasteiger partial charge in [0.15, 0.2) is 0 Å². The Kier molecular flexibility index (Phi) is 2.99. The summed E-state index contributed by atoms with van der Waals surface area (Å²) in [5, 5.41) is 0. The second-order valence-electron chi connectivity index (χ2n) is 2.25. The monoisotopic (exact) mass is 323 g/mol. The summed E-state index contributed by atoms with van der Waals surface area (Å²) in [6, 6.07) is 5.35. The van der Waals surface area contributed by atoms with Gasteiger partial charge in [0.05, 0.1) is 0 Å². The number of rotatable bonds is 0. The summed E-state index contributed by atoms with van der Waals surface area (Å²) in [5.74, 6) is 0. The minimum atomic E-state index is 0. The van der Waals surface area contributed by atoms with E-state index in [0.717, 1.165) is 11.0 Å². The molecule has 0 N–H and O–H groups in total. The first-order chi connectivity index (χ1) is 5.36. The van der Waals surface area contributed by atoms with E-state index in [1.54, 1.807) is 18.3 Å². The van der Waals surface area contributed by atoms with E-state index in [1.165, 1.54) is 0 Å². The van der Waals surface area contributed by atoms with Crippen molar-refractivity contribution in [1.29, 1.82) is 0 Å². The van der Waals surface area contributed by atoms with E-state index in [1.807, 2.05) is 6.07 Å². The zero-order chi connectivity index (χ0) is 7.68. The Balaban J connectivity index is 0.000000720. The van der Waals surface area contributed by atoms with Gasteiger partial charge in [0.2, 0.25) is 0 Å². The molecule has 2 nitrogen and oxygen atoms in total. The van der Waals surface area contributed by atoms with Crippen molar-refractivity contribution >= 4 is 24.3 Å². The normalized spacial score (nSPS) is 9.33. The summed E-state index contributed by atoms with van der Waals surface area (Å²) in [5.41, 5.74) is 2.26. The van der Waals surface area contributed by atoms with Crippen LogP contribution in [0.4, 0.5) is 0 Å². The second-order valence-corrected chi connectivity index (χ2v) is 2.25. The predicted molar refractivity (Wildman–Crippen MR) is 43.8 cm³/mol. The van der Waals surface area contributed by atoms with Gasteiger partial charge in [-0.1, -0.05) is 17.7 Å². The number of pyridine rings is 2. The topological polar surface area (TPSA) is 25.8 Å². The molecule has 0 spiro atoms. The van der Waals surface area contributed by atoms with E-state index >= 15 is 0 Å². The Morgan fingerprint density at radius 3 is 3.00 bits per heavy atom. The van der Waals surface area contributed by atoms with Gasteiger partial charge in [-0.25, -0.2) is 0 Å². The molecule has 0 aliphatic carbocycles. The largest absolute Gasteiger partial charge is 0.385 e. The van der Waals surface area contributed by atoms with Crippen molar-refractivity contribution < 1.29 is 21.1 Å². The summed E-state index contributed by atoms with van der Waals surface area (Å²) >= 11 is 0. The van der Waals surface area contributed by atoms with Crippen LogP contribution in [-0.2, 0) is 21.1 Å². The molecule has 2 aromatic heterocycles. The van der Waals surface area contributed by atoms with Gasteiger partial charge in [-0.05, 0) is 11.0 Å². The fraction of sp³-hybridized carbons (Fsp3) is 0. The average Bonchev–Trinajstić information content (AvgIpc) is 2.04. The molecular formula is C8H4BN2W-. The Hall–Kier alpha value is -0.687. The first kappa shape index (κ1) is 9.40. The number of hydrogen-bond acceptors (Lipinski definition) is 2. The molecule has 2 rings (SSSR count). The number of aromatic nitrogens is 2. The van der Waals surface area contributed by atoms with Crippen LogP contribution in [0.5, 0.6) is 0 Å². The summed E-state index contributed by atoms with van der Waals surface area (Å²) in [4.78, 5) is 8.05. The first-order valence-corrected chi connectivity index (χ1v) is 3.24. The maximum Gasteiger partial charge on any atom is 0.114 e. The van der Waals surface area contributed by atoms with Crippen LogP contribution in [0.25, 0.3) is 11.0 Å². The third kappa shape index (κ3) is 1.73. The van der Waals surface area contributed by atoms with Crippen molar-refractivity contribution in [3.63, 3.8) is 0 Å². The first-order valence-electron chi connectivity index (χ1n) is 3.24. The number of fused-ring (bicyclic) bond motifs is 1. The SMILES string of the molecule is [B]c1cnc2cc[c-]nc2c1.[W]. The fourth-order valence-corrected chi connectivity index (χ4v) is 0.920. The smallest absolute Gasteiger partial charge is 0.114 e. The molecule has 0 bridgehead atoms. The van der Waals surface area contributed by atoms with Crippen LogP contribution in [0.2, 0.25) is 0 Å². The van der Waals surface area contributed by atoms with Gasteiger partial charge in [0.25, 0.3) is 0 Å². The molecular weight excluding hydrogens is 319 g/mol. The van der Waals surface area contributed by atoms with Gasteiger partial charge in [0.1, 0.15) is 7.85 Å². The summed E-state index contributed by atoms with van der Waals surface area (Å²) in [6.45, 7) is 0. The maximum atomic E-state index is 5.51. The molecule has 56 valence electrons. The third-order valence-corrected chi connectivity index (χ3v) is 1.42. The van der Waals surface area contributed by atoms with Crippen LogP contribution in [0, 0.1) is 6.20 Å². The molecule has 0 fully saturated rings. The number of hydrogen-bond donors (Lipinski definition) is 0. The van der Waals surface area contributed by atoms with E-state index in [-0.39, 0.29) is 21.1 Å². The molecule has 2 radical (unpaired) electrons. The molecule has 0 amide bonds. The predicted octanol–water partition coefficient (Wildman–Crippen LogP) is 0.221. The van der Waals surface area contributed by atoms with Crippen molar-refractivity contribution in [3.8, 4) is 0 Å². The molecule has 0 aliphatic heterocycles. The van der Waals surface area contributed by atoms with E-state index < -0.39 is 0 Å². The molecule has 0 unspecified atom stereocenters. The van der Waals surface area contributed by atoms with Gasteiger partial charge >= 0.3 is 0 Å². The van der Waals surface area contributed by atoms with E-state index in [2.05, 4.69) is 16.2 Å².